The summed E-state index contributed by atoms with van der Waals surface area (Å²) in [6.45, 7) is -0.317. The first kappa shape index (κ1) is 15.6. The van der Waals surface area contributed by atoms with Crippen LogP contribution in [0.1, 0.15) is 11.1 Å². The maximum Gasteiger partial charge on any atom is 0.573 e. The van der Waals surface area contributed by atoms with Crippen LogP contribution >= 0.6 is 10.7 Å². The molecule has 0 radical (unpaired) electrons. The highest BCUT2D eigenvalue weighted by Crippen LogP contribution is 2.33. The molecule has 19 heavy (non-hydrogen) atoms. The fraction of sp³-hybridized carbons (Fsp3) is 0.222. The van der Waals surface area contributed by atoms with Crippen molar-refractivity contribution >= 4 is 19.7 Å². The van der Waals surface area contributed by atoms with Gasteiger partial charge in [0.05, 0.1) is 0 Å². The number of benzene rings is 1. The van der Waals surface area contributed by atoms with Gasteiger partial charge in [0.15, 0.2) is 0 Å². The molecule has 0 bridgehead atoms. The van der Waals surface area contributed by atoms with Gasteiger partial charge in [-0.25, -0.2) is 8.42 Å². The second-order valence-electron chi connectivity index (χ2n) is 3.23. The van der Waals surface area contributed by atoms with Crippen LogP contribution in [0.2, 0.25) is 0 Å². The summed E-state index contributed by atoms with van der Waals surface area (Å²) in [6.07, 6.45) is -5.07. The van der Waals surface area contributed by atoms with Crippen molar-refractivity contribution in [2.75, 3.05) is 0 Å². The van der Waals surface area contributed by atoms with E-state index in [2.05, 4.69) is 4.74 Å². The van der Waals surface area contributed by atoms with Gasteiger partial charge in [-0.15, -0.1) is 13.2 Å². The van der Waals surface area contributed by atoms with Gasteiger partial charge in [0.2, 0.25) is 0 Å². The second-order valence-corrected chi connectivity index (χ2v) is 5.73. The zero-order valence-corrected chi connectivity index (χ0v) is 10.6. The van der Waals surface area contributed by atoms with Gasteiger partial charge >= 0.3 is 6.36 Å². The molecule has 10 heteroatoms. The molecular formula is C9H6ClF3N2O3S. The lowest BCUT2D eigenvalue weighted by molar-refractivity contribution is -0.274. The van der Waals surface area contributed by atoms with E-state index in [0.717, 1.165) is 12.1 Å². The van der Waals surface area contributed by atoms with Gasteiger partial charge in [-0.3, -0.25) is 0 Å². The Morgan fingerprint density at radius 3 is 2.37 bits per heavy atom. The summed E-state index contributed by atoms with van der Waals surface area (Å²) in [4.78, 5) is -0.777. The van der Waals surface area contributed by atoms with Crippen LogP contribution in [-0.2, 0) is 15.6 Å². The summed E-state index contributed by atoms with van der Waals surface area (Å²) in [5, 5.41) is 8.82. The maximum atomic E-state index is 12.1. The minimum absolute atomic E-state index is 0.0823. The van der Waals surface area contributed by atoms with E-state index < -0.39 is 31.6 Å². The van der Waals surface area contributed by atoms with E-state index in [4.69, 9.17) is 21.7 Å². The molecule has 0 fully saturated rings. The van der Waals surface area contributed by atoms with Crippen molar-refractivity contribution in [2.24, 2.45) is 5.73 Å². The first-order valence-corrected chi connectivity index (χ1v) is 6.87. The summed E-state index contributed by atoms with van der Waals surface area (Å²) in [6, 6.07) is 3.13. The average molecular weight is 315 g/mol. The Kier molecular flexibility index (Phi) is 4.29. The van der Waals surface area contributed by atoms with E-state index in [1.807, 2.05) is 0 Å². The zero-order valence-electron chi connectivity index (χ0n) is 9.03. The summed E-state index contributed by atoms with van der Waals surface area (Å²) in [7, 11) is 0.654. The standard InChI is InChI=1S/C9H6ClF3N2O3S/c10-19(16,17)8-5(3-14)1-2-7(6(8)4-15)18-9(11,12)13/h1-2H,3,14H2. The van der Waals surface area contributed by atoms with Crippen LogP contribution < -0.4 is 10.5 Å². The van der Waals surface area contributed by atoms with Crippen LogP contribution in [0.4, 0.5) is 13.2 Å². The molecule has 5 nitrogen and oxygen atoms in total. The summed E-state index contributed by atoms with van der Waals surface area (Å²) >= 11 is 0. The SMILES string of the molecule is N#Cc1c(OC(F)(F)F)ccc(CN)c1S(=O)(=O)Cl. The molecule has 1 aromatic carbocycles. The maximum absolute atomic E-state index is 12.1. The predicted molar refractivity (Wildman–Crippen MR) is 58.8 cm³/mol. The topological polar surface area (TPSA) is 93.2 Å². The lowest BCUT2D eigenvalue weighted by Gasteiger charge is -2.13. The highest BCUT2D eigenvalue weighted by molar-refractivity contribution is 8.13. The molecule has 0 aliphatic rings. The highest BCUT2D eigenvalue weighted by Gasteiger charge is 2.34. The van der Waals surface area contributed by atoms with Crippen molar-refractivity contribution in [1.29, 1.82) is 5.26 Å². The Morgan fingerprint density at radius 2 is 2.00 bits per heavy atom. The first-order valence-electron chi connectivity index (χ1n) is 4.56. The molecule has 1 rings (SSSR count). The lowest BCUT2D eigenvalue weighted by Crippen LogP contribution is -2.19. The quantitative estimate of drug-likeness (QED) is 0.859. The molecule has 104 valence electrons. The number of hydrogen-bond acceptors (Lipinski definition) is 5. The predicted octanol–water partition coefficient (Wildman–Crippen LogP) is 1.84. The van der Waals surface area contributed by atoms with E-state index in [-0.39, 0.29) is 12.1 Å². The van der Waals surface area contributed by atoms with Gasteiger partial charge in [-0.2, -0.15) is 5.26 Å². The molecule has 0 amide bonds. The molecule has 0 unspecified atom stereocenters. The third-order valence-electron chi connectivity index (χ3n) is 2.00. The van der Waals surface area contributed by atoms with E-state index in [0.29, 0.717) is 0 Å². The smallest absolute Gasteiger partial charge is 0.404 e. The molecule has 0 spiro atoms. The largest absolute Gasteiger partial charge is 0.573 e. The van der Waals surface area contributed by atoms with Gasteiger partial charge in [-0.05, 0) is 11.6 Å². The minimum atomic E-state index is -5.07. The molecule has 0 aliphatic carbocycles. The number of ether oxygens (including phenoxy) is 1. The van der Waals surface area contributed by atoms with Crippen molar-refractivity contribution < 1.29 is 26.3 Å². The summed E-state index contributed by atoms with van der Waals surface area (Å²) in [5.74, 6) is -0.952. The number of alkyl halides is 3. The van der Waals surface area contributed by atoms with Crippen molar-refractivity contribution in [3.8, 4) is 11.8 Å². The number of hydrogen-bond donors (Lipinski definition) is 1. The van der Waals surface area contributed by atoms with Crippen molar-refractivity contribution in [1.82, 2.24) is 0 Å². The third-order valence-corrected chi connectivity index (χ3v) is 3.42. The van der Waals surface area contributed by atoms with E-state index >= 15 is 0 Å². The first-order chi connectivity index (χ1) is 8.60. The number of rotatable bonds is 3. The van der Waals surface area contributed by atoms with Gasteiger partial charge < -0.3 is 10.5 Å². The average Bonchev–Trinajstić information content (AvgIpc) is 2.25. The Bertz CT molecular complexity index is 637. The Balaban J connectivity index is 3.61. The monoisotopic (exact) mass is 314 g/mol. The molecule has 2 N–H and O–H groups in total. The second kappa shape index (κ2) is 5.24. The Morgan fingerprint density at radius 1 is 1.42 bits per heavy atom. The van der Waals surface area contributed by atoms with Crippen LogP contribution in [0.25, 0.3) is 0 Å². The van der Waals surface area contributed by atoms with Gasteiger partial charge in [0.1, 0.15) is 22.3 Å². The number of nitrogens with zero attached hydrogens (tertiary/aromatic N) is 1. The van der Waals surface area contributed by atoms with Gasteiger partial charge in [0.25, 0.3) is 9.05 Å². The molecule has 0 saturated carbocycles. The van der Waals surface area contributed by atoms with Crippen LogP contribution in [-0.4, -0.2) is 14.8 Å². The van der Waals surface area contributed by atoms with E-state index in [9.17, 15) is 21.6 Å². The number of nitriles is 1. The third kappa shape index (κ3) is 3.73. The molecular weight excluding hydrogens is 309 g/mol. The fourth-order valence-electron chi connectivity index (χ4n) is 1.36. The van der Waals surface area contributed by atoms with Crippen molar-refractivity contribution in [2.45, 2.75) is 17.8 Å². The van der Waals surface area contributed by atoms with Crippen LogP contribution in [0.15, 0.2) is 17.0 Å². The zero-order chi connectivity index (χ0) is 14.8. The molecule has 1 aromatic rings. The lowest BCUT2D eigenvalue weighted by atomic mass is 10.1. The normalized spacial score (nSPS) is 12.0. The van der Waals surface area contributed by atoms with Crippen LogP contribution in [0.3, 0.4) is 0 Å². The highest BCUT2D eigenvalue weighted by atomic mass is 35.7. The Labute approximate surface area is 110 Å². The molecule has 0 aliphatic heterocycles. The Hall–Kier alpha value is -1.50. The fourth-order valence-corrected chi connectivity index (χ4v) is 2.75. The number of halogens is 4. The van der Waals surface area contributed by atoms with Gasteiger partial charge in [-0.1, -0.05) is 6.07 Å². The molecule has 0 saturated heterocycles. The summed E-state index contributed by atoms with van der Waals surface area (Å²) in [5.41, 5.74) is 4.33. The van der Waals surface area contributed by atoms with Gasteiger partial charge in [0, 0.05) is 17.2 Å². The molecule has 0 aromatic heterocycles. The van der Waals surface area contributed by atoms with Crippen LogP contribution in [0.5, 0.6) is 5.75 Å². The molecule has 0 atom stereocenters. The van der Waals surface area contributed by atoms with Crippen molar-refractivity contribution in [3.63, 3.8) is 0 Å². The minimum Gasteiger partial charge on any atom is -0.404 e. The van der Waals surface area contributed by atoms with E-state index in [1.54, 1.807) is 0 Å². The number of nitrogens with two attached hydrogens (primary N) is 1. The summed E-state index contributed by atoms with van der Waals surface area (Å²) < 4.78 is 62.6. The van der Waals surface area contributed by atoms with Crippen LogP contribution in [0, 0.1) is 11.3 Å². The molecule has 0 heterocycles. The van der Waals surface area contributed by atoms with Crippen molar-refractivity contribution in [3.05, 3.63) is 23.3 Å². The van der Waals surface area contributed by atoms with E-state index in [1.165, 1.54) is 6.07 Å².